The number of benzene rings is 2. The van der Waals surface area contributed by atoms with Crippen LogP contribution >= 0.6 is 11.6 Å². The van der Waals surface area contributed by atoms with Crippen LogP contribution in [0.25, 0.3) is 0 Å². The van der Waals surface area contributed by atoms with Crippen molar-refractivity contribution in [3.63, 3.8) is 0 Å². The molecule has 21 heavy (non-hydrogen) atoms. The van der Waals surface area contributed by atoms with Crippen molar-refractivity contribution in [2.24, 2.45) is 0 Å². The van der Waals surface area contributed by atoms with E-state index in [1.54, 1.807) is 6.07 Å². The van der Waals surface area contributed by atoms with Gasteiger partial charge < -0.3 is 4.74 Å². The van der Waals surface area contributed by atoms with E-state index in [0.717, 1.165) is 17.4 Å². The van der Waals surface area contributed by atoms with Crippen LogP contribution in [0.5, 0.6) is 5.75 Å². The highest BCUT2D eigenvalue weighted by Gasteiger charge is 2.22. The molecule has 0 amide bonds. The summed E-state index contributed by atoms with van der Waals surface area (Å²) in [5, 5.41) is 0.473. The lowest BCUT2D eigenvalue weighted by atomic mass is 9.85. The van der Waals surface area contributed by atoms with Gasteiger partial charge in [-0.3, -0.25) is 4.79 Å². The van der Waals surface area contributed by atoms with Crippen LogP contribution < -0.4 is 4.74 Å². The summed E-state index contributed by atoms with van der Waals surface area (Å²) in [7, 11) is 0. The summed E-state index contributed by atoms with van der Waals surface area (Å²) in [6, 6.07) is 13.4. The lowest BCUT2D eigenvalue weighted by Gasteiger charge is -2.24. The Labute approximate surface area is 130 Å². The van der Waals surface area contributed by atoms with Gasteiger partial charge in [0, 0.05) is 11.1 Å². The Hall–Kier alpha value is -1.80. The number of carbonyl (C=O) groups excluding carboxylic acids is 1. The van der Waals surface area contributed by atoms with E-state index in [1.165, 1.54) is 0 Å². The first-order valence-corrected chi connectivity index (χ1v) is 7.25. The van der Waals surface area contributed by atoms with Gasteiger partial charge in [0.15, 0.2) is 0 Å². The summed E-state index contributed by atoms with van der Waals surface area (Å²) < 4.78 is 5.93. The minimum absolute atomic E-state index is 0.158. The number of aldehydes is 1. The Kier molecular flexibility index (Phi) is 4.69. The summed E-state index contributed by atoms with van der Waals surface area (Å²) in [4.78, 5) is 11.0. The highest BCUT2D eigenvalue weighted by atomic mass is 35.5. The van der Waals surface area contributed by atoms with Crippen LogP contribution in [0.15, 0.2) is 42.5 Å². The van der Waals surface area contributed by atoms with Crippen LogP contribution in [0.1, 0.15) is 42.3 Å². The van der Waals surface area contributed by atoms with Crippen molar-refractivity contribution in [2.75, 3.05) is 0 Å². The van der Waals surface area contributed by atoms with E-state index >= 15 is 0 Å². The molecule has 0 unspecified atom stereocenters. The number of ether oxygens (including phenoxy) is 1. The lowest BCUT2D eigenvalue weighted by molar-refractivity contribution is 0.112. The predicted molar refractivity (Wildman–Crippen MR) is 86.3 cm³/mol. The third-order valence-electron chi connectivity index (χ3n) is 3.24. The molecule has 0 aliphatic rings. The summed E-state index contributed by atoms with van der Waals surface area (Å²) in [5.41, 5.74) is 2.42. The molecule has 0 N–H and O–H groups in total. The van der Waals surface area contributed by atoms with Gasteiger partial charge in [-0.25, -0.2) is 0 Å². The van der Waals surface area contributed by atoms with Crippen LogP contribution in [0.3, 0.4) is 0 Å². The maximum absolute atomic E-state index is 11.0. The topological polar surface area (TPSA) is 26.3 Å². The molecule has 0 saturated heterocycles. The van der Waals surface area contributed by atoms with Gasteiger partial charge in [-0.1, -0.05) is 62.7 Å². The first kappa shape index (κ1) is 15.6. The quantitative estimate of drug-likeness (QED) is 0.740. The van der Waals surface area contributed by atoms with E-state index in [4.69, 9.17) is 16.3 Å². The molecule has 0 radical (unpaired) electrons. The molecule has 0 fully saturated rings. The van der Waals surface area contributed by atoms with Gasteiger partial charge in [0.05, 0.1) is 5.02 Å². The monoisotopic (exact) mass is 302 g/mol. The summed E-state index contributed by atoms with van der Waals surface area (Å²) in [5.74, 6) is 0.651. The fraction of sp³-hybridized carbons (Fsp3) is 0.278. The highest BCUT2D eigenvalue weighted by Crippen LogP contribution is 2.38. The minimum atomic E-state index is -0.158. The number of hydrogen-bond donors (Lipinski definition) is 0. The fourth-order valence-corrected chi connectivity index (χ4v) is 2.40. The van der Waals surface area contributed by atoms with Crippen molar-refractivity contribution in [3.8, 4) is 5.75 Å². The standard InChI is InChI=1S/C18H19ClO2/c1-18(2,3)15-9-14(11-20)10-16(19)17(15)21-12-13-7-5-4-6-8-13/h4-11H,12H2,1-3H3. The zero-order valence-corrected chi connectivity index (χ0v) is 13.3. The lowest BCUT2D eigenvalue weighted by Crippen LogP contribution is -2.14. The molecule has 0 atom stereocenters. The van der Waals surface area contributed by atoms with Gasteiger partial charge in [-0.2, -0.15) is 0 Å². The predicted octanol–water partition coefficient (Wildman–Crippen LogP) is 5.03. The number of carbonyl (C=O) groups is 1. The first-order valence-electron chi connectivity index (χ1n) is 6.88. The molecule has 0 aliphatic heterocycles. The molecule has 0 aromatic heterocycles. The molecule has 2 aromatic carbocycles. The van der Waals surface area contributed by atoms with Crippen molar-refractivity contribution in [2.45, 2.75) is 32.8 Å². The summed E-state index contributed by atoms with van der Waals surface area (Å²) in [6.45, 7) is 6.66. The normalized spacial score (nSPS) is 11.2. The van der Waals surface area contributed by atoms with Crippen molar-refractivity contribution < 1.29 is 9.53 Å². The summed E-state index contributed by atoms with van der Waals surface area (Å²) >= 11 is 6.30. The third-order valence-corrected chi connectivity index (χ3v) is 3.52. The van der Waals surface area contributed by atoms with Crippen molar-refractivity contribution in [3.05, 3.63) is 64.2 Å². The number of halogens is 1. The Balaban J connectivity index is 2.35. The SMILES string of the molecule is CC(C)(C)c1cc(C=O)cc(Cl)c1OCc1ccccc1. The van der Waals surface area contributed by atoms with E-state index in [9.17, 15) is 4.79 Å². The molecular weight excluding hydrogens is 284 g/mol. The van der Waals surface area contributed by atoms with Crippen LogP contribution in [0, 0.1) is 0 Å². The van der Waals surface area contributed by atoms with E-state index in [0.29, 0.717) is 22.9 Å². The largest absolute Gasteiger partial charge is 0.487 e. The van der Waals surface area contributed by atoms with Gasteiger partial charge in [0.25, 0.3) is 0 Å². The maximum atomic E-state index is 11.0. The van der Waals surface area contributed by atoms with Crippen molar-refractivity contribution in [1.82, 2.24) is 0 Å². The zero-order valence-electron chi connectivity index (χ0n) is 12.5. The fourth-order valence-electron chi connectivity index (χ4n) is 2.12. The average molecular weight is 303 g/mol. The Morgan fingerprint density at radius 3 is 2.38 bits per heavy atom. The second kappa shape index (κ2) is 6.31. The van der Waals surface area contributed by atoms with Gasteiger partial charge in [-0.15, -0.1) is 0 Å². The molecular formula is C18H19ClO2. The van der Waals surface area contributed by atoms with E-state index in [1.807, 2.05) is 36.4 Å². The molecule has 3 heteroatoms. The van der Waals surface area contributed by atoms with Crippen LogP contribution in [-0.4, -0.2) is 6.29 Å². The Morgan fingerprint density at radius 2 is 1.81 bits per heavy atom. The smallest absolute Gasteiger partial charge is 0.150 e. The molecule has 2 nitrogen and oxygen atoms in total. The van der Waals surface area contributed by atoms with Crippen LogP contribution in [0.2, 0.25) is 5.02 Å². The van der Waals surface area contributed by atoms with Gasteiger partial charge in [0.1, 0.15) is 18.6 Å². The molecule has 2 rings (SSSR count). The third kappa shape index (κ3) is 3.85. The second-order valence-electron chi connectivity index (χ2n) is 6.02. The Bertz CT molecular complexity index is 628. The number of hydrogen-bond acceptors (Lipinski definition) is 2. The maximum Gasteiger partial charge on any atom is 0.150 e. The molecule has 0 saturated carbocycles. The second-order valence-corrected chi connectivity index (χ2v) is 6.43. The molecule has 2 aromatic rings. The number of rotatable bonds is 4. The highest BCUT2D eigenvalue weighted by molar-refractivity contribution is 6.32. The minimum Gasteiger partial charge on any atom is -0.487 e. The molecule has 0 bridgehead atoms. The van der Waals surface area contributed by atoms with E-state index in [2.05, 4.69) is 20.8 Å². The molecule has 110 valence electrons. The first-order chi connectivity index (χ1) is 9.91. The van der Waals surface area contributed by atoms with E-state index in [-0.39, 0.29) is 5.41 Å². The zero-order chi connectivity index (χ0) is 15.5. The summed E-state index contributed by atoms with van der Waals surface area (Å²) in [6.07, 6.45) is 0.808. The molecule has 0 aliphatic carbocycles. The van der Waals surface area contributed by atoms with Crippen LogP contribution in [-0.2, 0) is 12.0 Å². The van der Waals surface area contributed by atoms with Gasteiger partial charge >= 0.3 is 0 Å². The van der Waals surface area contributed by atoms with Crippen molar-refractivity contribution >= 4 is 17.9 Å². The van der Waals surface area contributed by atoms with Crippen LogP contribution in [0.4, 0.5) is 0 Å². The van der Waals surface area contributed by atoms with Gasteiger partial charge in [0.2, 0.25) is 0 Å². The van der Waals surface area contributed by atoms with Crippen molar-refractivity contribution in [1.29, 1.82) is 0 Å². The molecule has 0 spiro atoms. The average Bonchev–Trinajstić information content (AvgIpc) is 2.45. The van der Waals surface area contributed by atoms with Gasteiger partial charge in [-0.05, 0) is 23.1 Å². The Morgan fingerprint density at radius 1 is 1.14 bits per heavy atom. The molecule has 0 heterocycles. The van der Waals surface area contributed by atoms with E-state index < -0.39 is 0 Å².